The average molecular weight is 397 g/mol. The standard InChI is InChI=1S/C22H32N6O/c1-18(2)23-22(29)21-17-28(25-24-21)14-13-26-9-11-27(12-10-26)16-19(3)15-20-7-5-4-6-8-20/h4-8,15,17-18H,9-14,16H2,1-3H3,(H,23,29)/b19-15+. The smallest absolute Gasteiger partial charge is 0.273 e. The topological polar surface area (TPSA) is 66.3 Å². The molecule has 1 N–H and O–H groups in total. The molecule has 1 saturated heterocycles. The van der Waals surface area contributed by atoms with Crippen molar-refractivity contribution in [1.29, 1.82) is 0 Å². The van der Waals surface area contributed by atoms with Gasteiger partial charge in [-0.1, -0.05) is 47.2 Å². The van der Waals surface area contributed by atoms with Crippen LogP contribution in [0.4, 0.5) is 0 Å². The van der Waals surface area contributed by atoms with E-state index in [1.807, 2.05) is 19.9 Å². The van der Waals surface area contributed by atoms with Crippen molar-refractivity contribution in [1.82, 2.24) is 30.1 Å². The van der Waals surface area contributed by atoms with Gasteiger partial charge in [-0.25, -0.2) is 0 Å². The fraction of sp³-hybridized carbons (Fsp3) is 0.500. The van der Waals surface area contributed by atoms with Crippen molar-refractivity contribution >= 4 is 12.0 Å². The molecule has 1 amide bonds. The van der Waals surface area contributed by atoms with E-state index in [1.165, 1.54) is 11.1 Å². The van der Waals surface area contributed by atoms with Crippen molar-refractivity contribution in [3.05, 3.63) is 53.4 Å². The highest BCUT2D eigenvalue weighted by atomic mass is 16.2. The molecule has 1 aromatic carbocycles. The Labute approximate surface area is 173 Å². The summed E-state index contributed by atoms with van der Waals surface area (Å²) in [6.45, 7) is 13.0. The number of benzene rings is 1. The highest BCUT2D eigenvalue weighted by Crippen LogP contribution is 2.10. The molecule has 0 atom stereocenters. The fourth-order valence-electron chi connectivity index (χ4n) is 3.49. The molecule has 0 bridgehead atoms. The number of amides is 1. The zero-order valence-electron chi connectivity index (χ0n) is 17.7. The van der Waals surface area contributed by atoms with E-state index in [1.54, 1.807) is 10.9 Å². The van der Waals surface area contributed by atoms with Gasteiger partial charge >= 0.3 is 0 Å². The highest BCUT2D eigenvalue weighted by molar-refractivity contribution is 5.91. The van der Waals surface area contributed by atoms with Gasteiger partial charge < -0.3 is 5.32 Å². The van der Waals surface area contributed by atoms with E-state index >= 15 is 0 Å². The van der Waals surface area contributed by atoms with E-state index < -0.39 is 0 Å². The van der Waals surface area contributed by atoms with Gasteiger partial charge in [0, 0.05) is 45.3 Å². The van der Waals surface area contributed by atoms with E-state index in [4.69, 9.17) is 0 Å². The van der Waals surface area contributed by atoms with Crippen molar-refractivity contribution in [3.63, 3.8) is 0 Å². The van der Waals surface area contributed by atoms with Gasteiger partial charge in [0.2, 0.25) is 0 Å². The maximum absolute atomic E-state index is 12.0. The van der Waals surface area contributed by atoms with Crippen LogP contribution in [0.15, 0.2) is 42.1 Å². The molecule has 0 spiro atoms. The van der Waals surface area contributed by atoms with Gasteiger partial charge in [-0.2, -0.15) is 0 Å². The normalized spacial score (nSPS) is 16.3. The first kappa shape index (κ1) is 21.2. The number of nitrogens with one attached hydrogen (secondary N) is 1. The summed E-state index contributed by atoms with van der Waals surface area (Å²) >= 11 is 0. The SMILES string of the molecule is C/C(=C\c1ccccc1)CN1CCN(CCn2cc(C(=O)NC(C)C)nn2)CC1. The quantitative estimate of drug-likeness (QED) is 0.741. The number of nitrogens with zero attached hydrogens (tertiary/aromatic N) is 5. The third-order valence-electron chi connectivity index (χ3n) is 4.99. The number of rotatable bonds is 8. The Morgan fingerprint density at radius 1 is 1.10 bits per heavy atom. The molecule has 1 aliphatic heterocycles. The van der Waals surface area contributed by atoms with Crippen molar-refractivity contribution in [2.24, 2.45) is 0 Å². The molecule has 0 unspecified atom stereocenters. The van der Waals surface area contributed by atoms with Crippen LogP contribution in [0.2, 0.25) is 0 Å². The van der Waals surface area contributed by atoms with Gasteiger partial charge in [0.1, 0.15) is 0 Å². The highest BCUT2D eigenvalue weighted by Gasteiger charge is 2.17. The molecule has 29 heavy (non-hydrogen) atoms. The van der Waals surface area contributed by atoms with E-state index in [-0.39, 0.29) is 11.9 Å². The number of carbonyl (C=O) groups is 1. The Kier molecular flexibility index (Phi) is 7.55. The molecule has 1 aliphatic rings. The second-order valence-corrected chi connectivity index (χ2v) is 8.01. The van der Waals surface area contributed by atoms with E-state index in [0.29, 0.717) is 5.69 Å². The molecule has 1 fully saturated rings. The van der Waals surface area contributed by atoms with Crippen LogP contribution in [0.5, 0.6) is 0 Å². The van der Waals surface area contributed by atoms with Crippen LogP contribution in [0.25, 0.3) is 6.08 Å². The fourth-order valence-corrected chi connectivity index (χ4v) is 3.49. The maximum atomic E-state index is 12.0. The molecule has 7 nitrogen and oxygen atoms in total. The van der Waals surface area contributed by atoms with Gasteiger partial charge in [0.15, 0.2) is 5.69 Å². The lowest BCUT2D eigenvalue weighted by Crippen LogP contribution is -2.47. The van der Waals surface area contributed by atoms with Gasteiger partial charge in [0.05, 0.1) is 12.7 Å². The predicted octanol–water partition coefficient (Wildman–Crippen LogP) is 2.14. The molecular weight excluding hydrogens is 364 g/mol. The lowest BCUT2D eigenvalue weighted by molar-refractivity contribution is 0.0938. The second kappa shape index (κ2) is 10.3. The Bertz CT molecular complexity index is 806. The summed E-state index contributed by atoms with van der Waals surface area (Å²) in [6.07, 6.45) is 4.00. The molecular formula is C22H32N6O. The molecule has 7 heteroatoms. The third-order valence-corrected chi connectivity index (χ3v) is 4.99. The largest absolute Gasteiger partial charge is 0.348 e. The van der Waals surface area contributed by atoms with Crippen molar-refractivity contribution < 1.29 is 4.79 Å². The minimum Gasteiger partial charge on any atom is -0.348 e. The third kappa shape index (κ3) is 6.80. The van der Waals surface area contributed by atoms with Crippen LogP contribution in [0.1, 0.15) is 36.8 Å². The molecule has 2 heterocycles. The summed E-state index contributed by atoms with van der Waals surface area (Å²) in [6, 6.07) is 10.6. The van der Waals surface area contributed by atoms with Crippen molar-refractivity contribution in [2.45, 2.75) is 33.4 Å². The summed E-state index contributed by atoms with van der Waals surface area (Å²) in [4.78, 5) is 16.9. The van der Waals surface area contributed by atoms with E-state index in [9.17, 15) is 4.79 Å². The Hall–Kier alpha value is -2.51. The van der Waals surface area contributed by atoms with Crippen LogP contribution < -0.4 is 5.32 Å². The first-order valence-electron chi connectivity index (χ1n) is 10.4. The minimum atomic E-state index is -0.168. The lowest BCUT2D eigenvalue weighted by Gasteiger charge is -2.34. The minimum absolute atomic E-state index is 0.0927. The summed E-state index contributed by atoms with van der Waals surface area (Å²) in [5, 5.41) is 10.9. The number of hydrogen-bond acceptors (Lipinski definition) is 5. The number of piperazine rings is 1. The monoisotopic (exact) mass is 396 g/mol. The predicted molar refractivity (Wildman–Crippen MR) is 116 cm³/mol. The van der Waals surface area contributed by atoms with Crippen molar-refractivity contribution in [3.8, 4) is 0 Å². The maximum Gasteiger partial charge on any atom is 0.273 e. The summed E-state index contributed by atoms with van der Waals surface area (Å²) in [5.41, 5.74) is 3.03. The molecule has 0 aliphatic carbocycles. The first-order chi connectivity index (χ1) is 14.0. The number of aromatic nitrogens is 3. The van der Waals surface area contributed by atoms with Crippen LogP contribution in [-0.2, 0) is 6.54 Å². The average Bonchev–Trinajstić information content (AvgIpc) is 3.17. The molecule has 1 aromatic heterocycles. The van der Waals surface area contributed by atoms with Gasteiger partial charge in [0.25, 0.3) is 5.91 Å². The Morgan fingerprint density at radius 3 is 2.48 bits per heavy atom. The first-order valence-corrected chi connectivity index (χ1v) is 10.4. The Balaban J connectivity index is 1.39. The van der Waals surface area contributed by atoms with Crippen LogP contribution in [0.3, 0.4) is 0 Å². The zero-order valence-corrected chi connectivity index (χ0v) is 17.7. The van der Waals surface area contributed by atoms with Crippen LogP contribution in [-0.4, -0.2) is 76.0 Å². The summed E-state index contributed by atoms with van der Waals surface area (Å²) in [7, 11) is 0. The van der Waals surface area contributed by atoms with Gasteiger partial charge in [-0.3, -0.25) is 19.3 Å². The van der Waals surface area contributed by atoms with Crippen LogP contribution in [0, 0.1) is 0 Å². The molecule has 2 aromatic rings. The summed E-state index contributed by atoms with van der Waals surface area (Å²) in [5.74, 6) is -0.168. The number of carbonyl (C=O) groups excluding carboxylic acids is 1. The molecule has 0 saturated carbocycles. The van der Waals surface area contributed by atoms with E-state index in [0.717, 1.165) is 45.8 Å². The molecule has 156 valence electrons. The zero-order chi connectivity index (χ0) is 20.6. The molecule has 0 radical (unpaired) electrons. The lowest BCUT2D eigenvalue weighted by atomic mass is 10.1. The second-order valence-electron chi connectivity index (χ2n) is 8.01. The van der Waals surface area contributed by atoms with Gasteiger partial charge in [-0.15, -0.1) is 5.10 Å². The Morgan fingerprint density at radius 2 is 1.79 bits per heavy atom. The summed E-state index contributed by atoms with van der Waals surface area (Å²) < 4.78 is 1.76. The van der Waals surface area contributed by atoms with Crippen molar-refractivity contribution in [2.75, 3.05) is 39.3 Å². The van der Waals surface area contributed by atoms with E-state index in [2.05, 4.69) is 62.7 Å². The number of hydrogen-bond donors (Lipinski definition) is 1. The molecule has 3 rings (SSSR count). The van der Waals surface area contributed by atoms with Gasteiger partial charge in [-0.05, 0) is 26.3 Å². The van der Waals surface area contributed by atoms with Crippen LogP contribution >= 0.6 is 0 Å².